The molecule has 0 saturated heterocycles. The molecule has 0 amide bonds. The molecule has 44 heavy (non-hydrogen) atoms. The summed E-state index contributed by atoms with van der Waals surface area (Å²) < 4.78 is 5.24. The van der Waals surface area contributed by atoms with E-state index < -0.39 is 5.41 Å². The first-order valence-corrected chi connectivity index (χ1v) is 15.7. The molecule has 0 saturated carbocycles. The third-order valence-electron chi connectivity index (χ3n) is 7.96. The van der Waals surface area contributed by atoms with Crippen molar-refractivity contribution in [2.45, 2.75) is 73.3 Å². The second-order valence-corrected chi connectivity index (χ2v) is 13.0. The summed E-state index contributed by atoms with van der Waals surface area (Å²) in [6.07, 6.45) is 4.54. The number of H-pyrrole nitrogens is 1. The molecule has 0 fully saturated rings. The Hall–Kier alpha value is -4.04. The summed E-state index contributed by atoms with van der Waals surface area (Å²) in [7, 11) is 0. The fraction of sp³-hybridized carbons (Fsp3) is 0.444. The van der Waals surface area contributed by atoms with E-state index in [1.54, 1.807) is 6.33 Å². The molecule has 2 aromatic carbocycles. The van der Waals surface area contributed by atoms with Gasteiger partial charge >= 0.3 is 5.97 Å². The van der Waals surface area contributed by atoms with E-state index in [0.29, 0.717) is 13.0 Å². The number of ether oxygens (including phenoxy) is 1. The van der Waals surface area contributed by atoms with Gasteiger partial charge in [0.05, 0.1) is 17.4 Å². The lowest BCUT2D eigenvalue weighted by Crippen LogP contribution is -2.37. The fourth-order valence-electron chi connectivity index (χ4n) is 5.84. The molecule has 1 atom stereocenters. The van der Waals surface area contributed by atoms with E-state index in [9.17, 15) is 9.59 Å². The first-order valence-electron chi connectivity index (χ1n) is 15.7. The molecule has 4 aromatic rings. The summed E-state index contributed by atoms with van der Waals surface area (Å²) in [4.78, 5) is 37.4. The highest BCUT2D eigenvalue weighted by atomic mass is 16.5. The first-order chi connectivity index (χ1) is 21.0. The third kappa shape index (κ3) is 8.76. The molecule has 8 heteroatoms. The molecule has 0 radical (unpaired) electrons. The number of aromatic nitrogens is 3. The number of carbonyl (C=O) groups excluding carboxylic acids is 2. The third-order valence-corrected chi connectivity index (χ3v) is 7.96. The van der Waals surface area contributed by atoms with Crippen molar-refractivity contribution in [3.8, 4) is 11.3 Å². The summed E-state index contributed by atoms with van der Waals surface area (Å²) in [6, 6.07) is 20.2. The number of hydrogen-bond donors (Lipinski definition) is 3. The molecule has 0 bridgehead atoms. The molecule has 0 aliphatic carbocycles. The minimum atomic E-state index is -0.521. The number of benzene rings is 2. The van der Waals surface area contributed by atoms with Crippen LogP contribution in [0.4, 0.5) is 5.82 Å². The summed E-state index contributed by atoms with van der Waals surface area (Å²) >= 11 is 0. The van der Waals surface area contributed by atoms with Gasteiger partial charge in [0.2, 0.25) is 0 Å². The molecule has 2 aromatic heterocycles. The second-order valence-electron chi connectivity index (χ2n) is 13.0. The molecule has 234 valence electrons. The van der Waals surface area contributed by atoms with Gasteiger partial charge in [0.1, 0.15) is 17.8 Å². The average molecular weight is 598 g/mol. The van der Waals surface area contributed by atoms with Crippen LogP contribution in [0.2, 0.25) is 0 Å². The predicted octanol–water partition coefficient (Wildman–Crippen LogP) is 7.75. The number of Topliss-reactive ketones (excluding diaryl/α,β-unsaturated/α-hetero) is 1. The van der Waals surface area contributed by atoms with Crippen LogP contribution in [-0.2, 0) is 9.53 Å². The van der Waals surface area contributed by atoms with Crippen molar-refractivity contribution in [3.63, 3.8) is 0 Å². The van der Waals surface area contributed by atoms with Crippen molar-refractivity contribution >= 4 is 28.6 Å². The van der Waals surface area contributed by atoms with Crippen LogP contribution in [0.25, 0.3) is 22.3 Å². The van der Waals surface area contributed by atoms with Crippen molar-refractivity contribution in [1.29, 1.82) is 0 Å². The van der Waals surface area contributed by atoms with Crippen molar-refractivity contribution in [1.82, 2.24) is 20.3 Å². The van der Waals surface area contributed by atoms with Crippen LogP contribution in [0.3, 0.4) is 0 Å². The second kappa shape index (κ2) is 14.6. The van der Waals surface area contributed by atoms with Crippen molar-refractivity contribution in [2.75, 3.05) is 25.0 Å². The summed E-state index contributed by atoms with van der Waals surface area (Å²) in [5.74, 6) is 0.780. The van der Waals surface area contributed by atoms with Gasteiger partial charge in [0.15, 0.2) is 5.78 Å². The Balaban J connectivity index is 1.25. The Morgan fingerprint density at radius 3 is 2.41 bits per heavy atom. The Bertz CT molecular complexity index is 1530. The van der Waals surface area contributed by atoms with Gasteiger partial charge in [-0.3, -0.25) is 9.59 Å². The van der Waals surface area contributed by atoms with E-state index >= 15 is 0 Å². The zero-order valence-electron chi connectivity index (χ0n) is 27.0. The number of nitrogens with zero attached hydrogens (tertiary/aromatic N) is 2. The number of unbranched alkanes of at least 4 members (excludes halogenated alkanes) is 1. The standard InChI is InChI=1S/C36H47N5O3/c1-7-44-34(43)36(5,6)22-35(3,4)23-37-20-12-11-15-31(42)28-18-16-27(17-19-28)30-21-29-32(38-24-39-33(29)41-30)40-25(2)26-13-9-8-10-14-26/h8-10,13-14,16-19,21,24-25,37H,7,11-12,15,20,22-23H2,1-6H3,(H2,38,39,40,41)/t25-/m1/s1. The maximum Gasteiger partial charge on any atom is 0.311 e. The molecule has 0 aliphatic heterocycles. The van der Waals surface area contributed by atoms with Gasteiger partial charge in [-0.15, -0.1) is 0 Å². The van der Waals surface area contributed by atoms with E-state index in [-0.39, 0.29) is 23.2 Å². The zero-order chi connectivity index (χ0) is 31.7. The summed E-state index contributed by atoms with van der Waals surface area (Å²) in [5.41, 5.74) is 4.00. The Morgan fingerprint density at radius 1 is 0.977 bits per heavy atom. The Morgan fingerprint density at radius 2 is 1.70 bits per heavy atom. The first kappa shape index (κ1) is 32.9. The van der Waals surface area contributed by atoms with Crippen LogP contribution in [0.15, 0.2) is 67.0 Å². The summed E-state index contributed by atoms with van der Waals surface area (Å²) in [6.45, 7) is 14.2. The highest BCUT2D eigenvalue weighted by molar-refractivity contribution is 5.97. The molecular weight excluding hydrogens is 550 g/mol. The van der Waals surface area contributed by atoms with Crippen molar-refractivity contribution < 1.29 is 14.3 Å². The largest absolute Gasteiger partial charge is 0.466 e. The number of carbonyl (C=O) groups is 2. The number of fused-ring (bicyclic) bond motifs is 1. The summed E-state index contributed by atoms with van der Waals surface area (Å²) in [5, 5.41) is 7.94. The molecule has 4 rings (SSSR count). The fourth-order valence-corrected chi connectivity index (χ4v) is 5.84. The van der Waals surface area contributed by atoms with E-state index in [0.717, 1.165) is 66.0 Å². The van der Waals surface area contributed by atoms with Gasteiger partial charge < -0.3 is 20.4 Å². The molecule has 2 heterocycles. The number of esters is 1. The Labute approximate surface area is 261 Å². The van der Waals surface area contributed by atoms with Crippen LogP contribution < -0.4 is 10.6 Å². The van der Waals surface area contributed by atoms with Crippen molar-refractivity contribution in [2.24, 2.45) is 10.8 Å². The molecule has 0 aliphatic rings. The minimum Gasteiger partial charge on any atom is -0.466 e. The maximum absolute atomic E-state index is 12.9. The van der Waals surface area contributed by atoms with Crippen LogP contribution in [0.1, 0.15) is 89.2 Å². The monoisotopic (exact) mass is 597 g/mol. The van der Waals surface area contributed by atoms with Crippen LogP contribution in [-0.4, -0.2) is 46.4 Å². The smallest absolute Gasteiger partial charge is 0.311 e. The van der Waals surface area contributed by atoms with Crippen LogP contribution in [0, 0.1) is 10.8 Å². The number of aromatic amines is 1. The maximum atomic E-state index is 12.9. The number of nitrogens with one attached hydrogen (secondary N) is 3. The van der Waals surface area contributed by atoms with Gasteiger partial charge in [0, 0.05) is 30.3 Å². The van der Waals surface area contributed by atoms with Crippen LogP contribution >= 0.6 is 0 Å². The Kier molecular flexibility index (Phi) is 10.9. The van der Waals surface area contributed by atoms with Crippen molar-refractivity contribution in [3.05, 3.63) is 78.1 Å². The van der Waals surface area contributed by atoms with Gasteiger partial charge in [-0.1, -0.05) is 68.4 Å². The van der Waals surface area contributed by atoms with Gasteiger partial charge in [-0.25, -0.2) is 9.97 Å². The van der Waals surface area contributed by atoms with E-state index in [1.807, 2.05) is 63.2 Å². The molecule has 0 unspecified atom stereocenters. The quantitative estimate of drug-likeness (QED) is 0.0688. The van der Waals surface area contributed by atoms with Crippen LogP contribution in [0.5, 0.6) is 0 Å². The van der Waals surface area contributed by atoms with Gasteiger partial charge in [0.25, 0.3) is 0 Å². The van der Waals surface area contributed by atoms with Gasteiger partial charge in [-0.2, -0.15) is 0 Å². The minimum absolute atomic E-state index is 0.0515. The average Bonchev–Trinajstić information content (AvgIpc) is 3.44. The predicted molar refractivity (Wildman–Crippen MR) is 178 cm³/mol. The highest BCUT2D eigenvalue weighted by Crippen LogP contribution is 2.34. The number of rotatable bonds is 16. The number of ketones is 1. The lowest BCUT2D eigenvalue weighted by Gasteiger charge is -2.33. The highest BCUT2D eigenvalue weighted by Gasteiger charge is 2.35. The number of hydrogen-bond acceptors (Lipinski definition) is 7. The van der Waals surface area contributed by atoms with E-state index in [4.69, 9.17) is 4.74 Å². The SMILES string of the molecule is CCOC(=O)C(C)(C)CC(C)(C)CNCCCCC(=O)c1ccc(-c2cc3c(N[C@H](C)c4ccccc4)ncnc3[nH]2)cc1. The molecule has 3 N–H and O–H groups in total. The lowest BCUT2D eigenvalue weighted by atomic mass is 9.75. The van der Waals surface area contributed by atoms with E-state index in [2.05, 4.69) is 64.6 Å². The molecular formula is C36H47N5O3. The normalized spacial score (nSPS) is 12.7. The zero-order valence-corrected chi connectivity index (χ0v) is 27.0. The lowest BCUT2D eigenvalue weighted by molar-refractivity contribution is -0.155. The molecule has 8 nitrogen and oxygen atoms in total. The van der Waals surface area contributed by atoms with E-state index in [1.165, 1.54) is 5.56 Å². The van der Waals surface area contributed by atoms with Gasteiger partial charge in [-0.05, 0) is 76.1 Å². The topological polar surface area (TPSA) is 109 Å². The molecule has 0 spiro atoms. The number of anilines is 1.